The van der Waals surface area contributed by atoms with Crippen LogP contribution in [-0.4, -0.2) is 66.6 Å². The second kappa shape index (κ2) is 10.4. The first-order valence-corrected chi connectivity index (χ1v) is 11.1. The number of amides is 2. The highest BCUT2D eigenvalue weighted by Crippen LogP contribution is 2.29. The van der Waals surface area contributed by atoms with Gasteiger partial charge >= 0.3 is 0 Å². The standard InChI is InChI=1S/C19H30Cl2FN3O3/c20-12-1-2-13(23-8-12)9-24-19(27)11-5-14(6-11)25-18(26)10-28-15-3-4-16(21)17(22)7-15/h11-17,23H,1-10H2,(H,24,27)(H,25,26). The molecule has 3 aliphatic rings. The molecule has 160 valence electrons. The largest absolute Gasteiger partial charge is 0.368 e. The zero-order chi connectivity index (χ0) is 20.1. The van der Waals surface area contributed by atoms with Gasteiger partial charge in [0.15, 0.2) is 0 Å². The monoisotopic (exact) mass is 437 g/mol. The Balaban J connectivity index is 1.24. The number of alkyl halides is 3. The number of halogens is 3. The van der Waals surface area contributed by atoms with E-state index in [1.807, 2.05) is 0 Å². The van der Waals surface area contributed by atoms with Gasteiger partial charge in [0.05, 0.1) is 11.5 Å². The van der Waals surface area contributed by atoms with Gasteiger partial charge in [-0.25, -0.2) is 4.39 Å². The molecular weight excluding hydrogens is 408 g/mol. The molecule has 0 aromatic rings. The topological polar surface area (TPSA) is 79.5 Å². The first-order valence-electron chi connectivity index (χ1n) is 10.2. The van der Waals surface area contributed by atoms with Crippen molar-refractivity contribution in [2.24, 2.45) is 5.92 Å². The van der Waals surface area contributed by atoms with E-state index in [4.69, 9.17) is 27.9 Å². The average Bonchev–Trinajstić information content (AvgIpc) is 2.64. The van der Waals surface area contributed by atoms with Gasteiger partial charge in [0.25, 0.3) is 0 Å². The van der Waals surface area contributed by atoms with Crippen molar-refractivity contribution < 1.29 is 18.7 Å². The quantitative estimate of drug-likeness (QED) is 0.531. The second-order valence-corrected chi connectivity index (χ2v) is 9.41. The van der Waals surface area contributed by atoms with Crippen LogP contribution in [0.3, 0.4) is 0 Å². The summed E-state index contributed by atoms with van der Waals surface area (Å²) in [7, 11) is 0. The number of rotatable bonds is 7. The van der Waals surface area contributed by atoms with Gasteiger partial charge in [0.2, 0.25) is 11.8 Å². The van der Waals surface area contributed by atoms with Crippen LogP contribution in [0.4, 0.5) is 4.39 Å². The number of piperidine rings is 1. The molecule has 3 rings (SSSR count). The molecule has 0 aromatic carbocycles. The zero-order valence-electron chi connectivity index (χ0n) is 16.0. The van der Waals surface area contributed by atoms with Crippen molar-refractivity contribution in [3.63, 3.8) is 0 Å². The summed E-state index contributed by atoms with van der Waals surface area (Å²) < 4.78 is 19.1. The summed E-state index contributed by atoms with van der Waals surface area (Å²) >= 11 is 11.9. The Kier molecular flexibility index (Phi) is 8.21. The predicted molar refractivity (Wildman–Crippen MR) is 106 cm³/mol. The lowest BCUT2D eigenvalue weighted by Crippen LogP contribution is -2.52. The molecule has 5 unspecified atom stereocenters. The fourth-order valence-corrected chi connectivity index (χ4v) is 4.47. The van der Waals surface area contributed by atoms with Crippen molar-refractivity contribution >= 4 is 35.0 Å². The summed E-state index contributed by atoms with van der Waals surface area (Å²) in [6.45, 7) is 1.32. The molecule has 0 aromatic heterocycles. The van der Waals surface area contributed by atoms with E-state index in [1.54, 1.807) is 0 Å². The van der Waals surface area contributed by atoms with Gasteiger partial charge in [-0.1, -0.05) is 0 Å². The molecule has 0 bridgehead atoms. The highest BCUT2D eigenvalue weighted by atomic mass is 35.5. The Labute approximate surface area is 175 Å². The van der Waals surface area contributed by atoms with E-state index in [0.717, 1.165) is 19.4 Å². The Bertz CT molecular complexity index is 543. The molecule has 2 saturated carbocycles. The van der Waals surface area contributed by atoms with Gasteiger partial charge in [-0.2, -0.15) is 0 Å². The maximum atomic E-state index is 13.6. The maximum Gasteiger partial charge on any atom is 0.246 e. The minimum absolute atomic E-state index is 0.00386. The molecule has 3 fully saturated rings. The fourth-order valence-electron chi connectivity index (χ4n) is 4.03. The lowest BCUT2D eigenvalue weighted by molar-refractivity contribution is -0.134. The smallest absolute Gasteiger partial charge is 0.246 e. The van der Waals surface area contributed by atoms with E-state index < -0.39 is 11.5 Å². The molecule has 1 heterocycles. The molecule has 2 amide bonds. The summed E-state index contributed by atoms with van der Waals surface area (Å²) in [6, 6.07) is 0.286. The van der Waals surface area contributed by atoms with Crippen molar-refractivity contribution in [3.05, 3.63) is 0 Å². The van der Waals surface area contributed by atoms with Crippen molar-refractivity contribution in [2.75, 3.05) is 19.7 Å². The van der Waals surface area contributed by atoms with Gasteiger partial charge in [-0.15, -0.1) is 23.2 Å². The number of hydrogen-bond acceptors (Lipinski definition) is 4. The van der Waals surface area contributed by atoms with Gasteiger partial charge in [0.1, 0.15) is 12.8 Å². The average molecular weight is 438 g/mol. The SMILES string of the molecule is O=C(COC1CCC(Cl)C(F)C1)NC1CC(C(=O)NCC2CCC(Cl)CN2)C1. The Morgan fingerprint density at radius 1 is 1.11 bits per heavy atom. The van der Waals surface area contributed by atoms with E-state index >= 15 is 0 Å². The molecular formula is C19H30Cl2FN3O3. The van der Waals surface area contributed by atoms with Crippen LogP contribution in [0.25, 0.3) is 0 Å². The molecule has 5 atom stereocenters. The van der Waals surface area contributed by atoms with Crippen LogP contribution in [0.2, 0.25) is 0 Å². The van der Waals surface area contributed by atoms with Crippen LogP contribution >= 0.6 is 23.2 Å². The molecule has 6 nitrogen and oxygen atoms in total. The van der Waals surface area contributed by atoms with Crippen LogP contribution in [0.5, 0.6) is 0 Å². The van der Waals surface area contributed by atoms with E-state index in [9.17, 15) is 14.0 Å². The fraction of sp³-hybridized carbons (Fsp3) is 0.895. The first-order chi connectivity index (χ1) is 13.4. The van der Waals surface area contributed by atoms with Crippen LogP contribution in [0.15, 0.2) is 0 Å². The minimum Gasteiger partial charge on any atom is -0.368 e. The minimum atomic E-state index is -1.07. The van der Waals surface area contributed by atoms with E-state index in [-0.39, 0.29) is 54.3 Å². The highest BCUT2D eigenvalue weighted by Gasteiger charge is 2.36. The zero-order valence-corrected chi connectivity index (χ0v) is 17.5. The first kappa shape index (κ1) is 22.1. The summed E-state index contributed by atoms with van der Waals surface area (Å²) in [5.41, 5.74) is 0. The maximum absolute atomic E-state index is 13.6. The van der Waals surface area contributed by atoms with Crippen LogP contribution in [-0.2, 0) is 14.3 Å². The normalized spacial score (nSPS) is 38.3. The number of ether oxygens (including phenoxy) is 1. The molecule has 2 aliphatic carbocycles. The Morgan fingerprint density at radius 2 is 1.89 bits per heavy atom. The van der Waals surface area contributed by atoms with Gasteiger partial charge in [-0.3, -0.25) is 9.59 Å². The number of hydrogen-bond donors (Lipinski definition) is 3. The molecule has 1 saturated heterocycles. The lowest BCUT2D eigenvalue weighted by Gasteiger charge is -2.35. The van der Waals surface area contributed by atoms with E-state index in [2.05, 4.69) is 16.0 Å². The van der Waals surface area contributed by atoms with Crippen molar-refractivity contribution in [1.82, 2.24) is 16.0 Å². The summed E-state index contributed by atoms with van der Waals surface area (Å²) in [6.07, 6.45) is 3.38. The third-order valence-corrected chi connectivity index (χ3v) is 6.81. The molecule has 0 radical (unpaired) electrons. The van der Waals surface area contributed by atoms with Gasteiger partial charge < -0.3 is 20.7 Å². The van der Waals surface area contributed by atoms with Gasteiger partial charge in [-0.05, 0) is 38.5 Å². The van der Waals surface area contributed by atoms with Crippen LogP contribution in [0.1, 0.15) is 44.9 Å². The molecule has 1 aliphatic heterocycles. The summed E-state index contributed by atoms with van der Waals surface area (Å²) in [4.78, 5) is 24.2. The van der Waals surface area contributed by atoms with Crippen molar-refractivity contribution in [3.8, 4) is 0 Å². The van der Waals surface area contributed by atoms with Crippen molar-refractivity contribution in [1.29, 1.82) is 0 Å². The second-order valence-electron chi connectivity index (χ2n) is 8.24. The van der Waals surface area contributed by atoms with Crippen LogP contribution in [0, 0.1) is 5.92 Å². The van der Waals surface area contributed by atoms with Crippen LogP contribution < -0.4 is 16.0 Å². The molecule has 9 heteroatoms. The molecule has 28 heavy (non-hydrogen) atoms. The number of carbonyl (C=O) groups is 2. The molecule has 0 spiro atoms. The highest BCUT2D eigenvalue weighted by molar-refractivity contribution is 6.21. The Morgan fingerprint density at radius 3 is 2.57 bits per heavy atom. The number of nitrogens with one attached hydrogen (secondary N) is 3. The lowest BCUT2D eigenvalue weighted by atomic mass is 9.79. The van der Waals surface area contributed by atoms with Gasteiger partial charge in [0, 0.05) is 42.9 Å². The summed E-state index contributed by atoms with van der Waals surface area (Å²) in [5, 5.41) is 8.94. The third-order valence-electron chi connectivity index (χ3n) is 5.95. The number of carbonyl (C=O) groups excluding carboxylic acids is 2. The Hall–Kier alpha value is -0.630. The summed E-state index contributed by atoms with van der Waals surface area (Å²) in [5.74, 6) is -0.223. The third kappa shape index (κ3) is 6.44. The van der Waals surface area contributed by atoms with E-state index in [1.165, 1.54) is 0 Å². The van der Waals surface area contributed by atoms with Crippen molar-refractivity contribution in [2.45, 2.75) is 80.1 Å². The van der Waals surface area contributed by atoms with E-state index in [0.29, 0.717) is 32.2 Å². The molecule has 3 N–H and O–H groups in total. The predicted octanol–water partition coefficient (Wildman–Crippen LogP) is 1.87.